The second kappa shape index (κ2) is 13.8. The van der Waals surface area contributed by atoms with E-state index in [0.29, 0.717) is 0 Å². The Morgan fingerprint density at radius 1 is 0.308 bits per heavy atom. The summed E-state index contributed by atoms with van der Waals surface area (Å²) in [6, 6.07) is 75.2. The van der Waals surface area contributed by atoms with Crippen molar-refractivity contribution in [2.24, 2.45) is 0 Å². The second-order valence-corrected chi connectivity index (χ2v) is 13.0. The monoisotopic (exact) mass is 665 g/mol. The third-order valence-corrected chi connectivity index (χ3v) is 9.71. The van der Waals surface area contributed by atoms with Gasteiger partial charge in [-0.2, -0.15) is 0 Å². The average Bonchev–Trinajstić information content (AvgIpc) is 3.67. The first-order chi connectivity index (χ1) is 25.8. The Morgan fingerprint density at radius 2 is 0.788 bits per heavy atom. The summed E-state index contributed by atoms with van der Waals surface area (Å²) in [5.41, 5.74) is 14.6. The van der Waals surface area contributed by atoms with E-state index < -0.39 is 0 Å². The van der Waals surface area contributed by atoms with Gasteiger partial charge in [0.1, 0.15) is 11.3 Å². The molecule has 0 aliphatic carbocycles. The van der Waals surface area contributed by atoms with E-state index in [4.69, 9.17) is 4.42 Å². The molecule has 246 valence electrons. The Balaban J connectivity index is 1.12. The molecule has 2 heteroatoms. The van der Waals surface area contributed by atoms with Crippen LogP contribution in [0.3, 0.4) is 0 Å². The van der Waals surface area contributed by atoms with E-state index in [1.165, 1.54) is 33.4 Å². The van der Waals surface area contributed by atoms with Crippen LogP contribution in [0.2, 0.25) is 0 Å². The highest BCUT2D eigenvalue weighted by atomic mass is 16.3. The van der Waals surface area contributed by atoms with Crippen molar-refractivity contribution in [1.29, 1.82) is 0 Å². The van der Waals surface area contributed by atoms with Gasteiger partial charge in [0.25, 0.3) is 0 Å². The molecule has 0 fully saturated rings. The van der Waals surface area contributed by atoms with E-state index in [9.17, 15) is 0 Å². The smallest absolute Gasteiger partial charge is 0.136 e. The first kappa shape index (κ1) is 31.1. The molecule has 8 aromatic carbocycles. The number of rotatable bonds is 8. The number of benzene rings is 8. The third-order valence-electron chi connectivity index (χ3n) is 9.71. The second-order valence-electron chi connectivity index (χ2n) is 13.0. The van der Waals surface area contributed by atoms with E-state index in [1.807, 2.05) is 18.2 Å². The van der Waals surface area contributed by atoms with Crippen LogP contribution in [0.1, 0.15) is 0 Å². The molecule has 0 amide bonds. The molecule has 0 bridgehead atoms. The van der Waals surface area contributed by atoms with Gasteiger partial charge in [0.2, 0.25) is 0 Å². The van der Waals surface area contributed by atoms with Crippen molar-refractivity contribution in [3.05, 3.63) is 212 Å². The molecular formula is C50H35NO. The van der Waals surface area contributed by atoms with Gasteiger partial charge < -0.3 is 9.32 Å². The van der Waals surface area contributed by atoms with E-state index in [2.05, 4.69) is 199 Å². The number of nitrogens with zero attached hydrogens (tertiary/aromatic N) is 1. The van der Waals surface area contributed by atoms with Crippen LogP contribution < -0.4 is 4.90 Å². The maximum absolute atomic E-state index is 6.31. The van der Waals surface area contributed by atoms with Crippen LogP contribution in [0.15, 0.2) is 217 Å². The van der Waals surface area contributed by atoms with Gasteiger partial charge in [-0.15, -0.1) is 0 Å². The number of para-hydroxylation sites is 2. The molecular weight excluding hydrogens is 631 g/mol. The van der Waals surface area contributed by atoms with Crippen molar-refractivity contribution in [3.8, 4) is 55.8 Å². The summed E-state index contributed by atoms with van der Waals surface area (Å²) in [4.78, 5) is 2.36. The summed E-state index contributed by atoms with van der Waals surface area (Å²) in [6.45, 7) is 0. The van der Waals surface area contributed by atoms with Gasteiger partial charge in [-0.05, 0) is 87.5 Å². The third kappa shape index (κ3) is 6.08. The Bertz CT molecular complexity index is 2570. The lowest BCUT2D eigenvalue weighted by Crippen LogP contribution is -2.11. The molecule has 52 heavy (non-hydrogen) atoms. The number of hydrogen-bond acceptors (Lipinski definition) is 2. The predicted molar refractivity (Wildman–Crippen MR) is 218 cm³/mol. The number of furan rings is 1. The van der Waals surface area contributed by atoms with Crippen LogP contribution in [0.25, 0.3) is 66.8 Å². The largest absolute Gasteiger partial charge is 0.456 e. The Labute approximate surface area is 304 Å². The molecule has 1 heterocycles. The Morgan fingerprint density at radius 3 is 1.46 bits per heavy atom. The fourth-order valence-corrected chi connectivity index (χ4v) is 7.12. The van der Waals surface area contributed by atoms with E-state index in [-0.39, 0.29) is 0 Å². The van der Waals surface area contributed by atoms with Crippen LogP contribution in [0.5, 0.6) is 0 Å². The van der Waals surface area contributed by atoms with Crippen LogP contribution in [0, 0.1) is 0 Å². The zero-order valence-electron chi connectivity index (χ0n) is 28.6. The predicted octanol–water partition coefficient (Wildman–Crippen LogP) is 14.2. The first-order valence-electron chi connectivity index (χ1n) is 17.7. The van der Waals surface area contributed by atoms with Gasteiger partial charge in [0.05, 0.1) is 5.69 Å². The number of fused-ring (bicyclic) bond motifs is 1. The number of anilines is 3. The highest BCUT2D eigenvalue weighted by Gasteiger charge is 2.18. The lowest BCUT2D eigenvalue weighted by Gasteiger charge is -2.28. The molecule has 0 radical (unpaired) electrons. The zero-order valence-corrected chi connectivity index (χ0v) is 28.6. The van der Waals surface area contributed by atoms with E-state index in [1.54, 1.807) is 0 Å². The van der Waals surface area contributed by atoms with E-state index >= 15 is 0 Å². The van der Waals surface area contributed by atoms with Gasteiger partial charge in [-0.25, -0.2) is 0 Å². The van der Waals surface area contributed by atoms with Crippen LogP contribution >= 0.6 is 0 Å². The molecule has 0 saturated heterocycles. The molecule has 9 rings (SSSR count). The maximum Gasteiger partial charge on any atom is 0.136 e. The maximum atomic E-state index is 6.31. The lowest BCUT2D eigenvalue weighted by molar-refractivity contribution is 0.632. The molecule has 2 nitrogen and oxygen atoms in total. The lowest BCUT2D eigenvalue weighted by atomic mass is 9.97. The average molecular weight is 666 g/mol. The first-order valence-corrected chi connectivity index (χ1v) is 17.7. The molecule has 0 atom stereocenters. The molecule has 0 unspecified atom stereocenters. The number of hydrogen-bond donors (Lipinski definition) is 0. The fraction of sp³-hybridized carbons (Fsp3) is 0. The van der Waals surface area contributed by atoms with Gasteiger partial charge >= 0.3 is 0 Å². The van der Waals surface area contributed by atoms with Crippen molar-refractivity contribution in [3.63, 3.8) is 0 Å². The quantitative estimate of drug-likeness (QED) is 0.161. The highest BCUT2D eigenvalue weighted by molar-refractivity contribution is 5.91. The molecule has 0 N–H and O–H groups in total. The minimum Gasteiger partial charge on any atom is -0.456 e. The van der Waals surface area contributed by atoms with Crippen LogP contribution in [-0.2, 0) is 0 Å². The van der Waals surface area contributed by atoms with Gasteiger partial charge in [-0.3, -0.25) is 0 Å². The van der Waals surface area contributed by atoms with E-state index in [0.717, 1.165) is 50.5 Å². The van der Waals surface area contributed by atoms with Crippen molar-refractivity contribution in [2.75, 3.05) is 4.90 Å². The molecule has 1 aromatic heterocycles. The summed E-state index contributed by atoms with van der Waals surface area (Å²) in [6.07, 6.45) is 0. The molecule has 9 aromatic rings. The van der Waals surface area contributed by atoms with Gasteiger partial charge in [-0.1, -0.05) is 164 Å². The normalized spacial score (nSPS) is 11.1. The summed E-state index contributed by atoms with van der Waals surface area (Å²) < 4.78 is 6.31. The summed E-state index contributed by atoms with van der Waals surface area (Å²) in [5, 5.41) is 1.10. The molecule has 0 saturated carbocycles. The minimum absolute atomic E-state index is 0.869. The molecule has 0 aliphatic heterocycles. The van der Waals surface area contributed by atoms with Crippen molar-refractivity contribution in [2.45, 2.75) is 0 Å². The Hall–Kier alpha value is -6.90. The summed E-state index contributed by atoms with van der Waals surface area (Å²) >= 11 is 0. The standard InChI is InChI=1S/C50H35NO/c1-3-14-36(15-4-1)40-19-13-20-41(34-40)37-26-30-43(31-27-37)51(48-24-11-10-22-46(48)38-16-5-2-6-17-38)44-32-28-39(29-33-44)45-21-8-9-23-47(45)50-35-42-18-7-12-25-49(42)52-50/h1-35H. The summed E-state index contributed by atoms with van der Waals surface area (Å²) in [7, 11) is 0. The summed E-state index contributed by atoms with van der Waals surface area (Å²) in [5.74, 6) is 0.869. The van der Waals surface area contributed by atoms with Crippen LogP contribution in [-0.4, -0.2) is 0 Å². The van der Waals surface area contributed by atoms with Gasteiger partial charge in [0.15, 0.2) is 0 Å². The minimum atomic E-state index is 0.869. The van der Waals surface area contributed by atoms with Gasteiger partial charge in [0, 0.05) is 27.9 Å². The van der Waals surface area contributed by atoms with Crippen molar-refractivity contribution >= 4 is 28.0 Å². The topological polar surface area (TPSA) is 16.4 Å². The molecule has 0 aliphatic rings. The van der Waals surface area contributed by atoms with Crippen molar-refractivity contribution < 1.29 is 4.42 Å². The SMILES string of the molecule is c1ccc(-c2cccc(-c3ccc(N(c4ccc(-c5ccccc5-c5cc6ccccc6o5)cc4)c4ccccc4-c4ccccc4)cc3)c2)cc1. The zero-order chi connectivity index (χ0) is 34.7. The Kier molecular flexibility index (Phi) is 8.24. The van der Waals surface area contributed by atoms with Crippen LogP contribution in [0.4, 0.5) is 17.1 Å². The molecule has 0 spiro atoms. The highest BCUT2D eigenvalue weighted by Crippen LogP contribution is 2.43. The van der Waals surface area contributed by atoms with Crippen molar-refractivity contribution in [1.82, 2.24) is 0 Å². The fourth-order valence-electron chi connectivity index (χ4n) is 7.12.